The van der Waals surface area contributed by atoms with E-state index in [2.05, 4.69) is 46.4 Å². The average Bonchev–Trinajstić information content (AvgIpc) is 2.70. The van der Waals surface area contributed by atoms with Gasteiger partial charge < -0.3 is 0 Å². The molecular formula is C15H25N2O2Zr. The molecule has 2 N–H and O–H groups in total. The van der Waals surface area contributed by atoms with Gasteiger partial charge in [0, 0.05) is 0 Å². The van der Waals surface area contributed by atoms with Crippen molar-refractivity contribution in [2.75, 3.05) is 0 Å². The topological polar surface area (TPSA) is 58.2 Å². The van der Waals surface area contributed by atoms with Crippen LogP contribution in [0.5, 0.6) is 0 Å². The van der Waals surface area contributed by atoms with Crippen molar-refractivity contribution < 1.29 is 30.0 Å². The van der Waals surface area contributed by atoms with Gasteiger partial charge in [-0.25, -0.2) is 0 Å². The van der Waals surface area contributed by atoms with Gasteiger partial charge >= 0.3 is 126 Å². The van der Waals surface area contributed by atoms with E-state index in [1.54, 1.807) is 0 Å². The van der Waals surface area contributed by atoms with Crippen molar-refractivity contribution in [2.45, 2.75) is 41.5 Å². The van der Waals surface area contributed by atoms with Crippen LogP contribution < -0.4 is 6.52 Å². The van der Waals surface area contributed by atoms with Crippen LogP contribution in [0.15, 0.2) is 21.0 Å². The van der Waals surface area contributed by atoms with Gasteiger partial charge in [-0.1, -0.05) is 0 Å². The van der Waals surface area contributed by atoms with Gasteiger partial charge in [0.25, 0.3) is 0 Å². The van der Waals surface area contributed by atoms with Gasteiger partial charge in [-0.2, -0.15) is 0 Å². The zero-order valence-corrected chi connectivity index (χ0v) is 15.7. The molecule has 0 saturated carbocycles. The van der Waals surface area contributed by atoms with E-state index in [0.29, 0.717) is 0 Å². The summed E-state index contributed by atoms with van der Waals surface area (Å²) in [5, 5.41) is 0. The number of hydrogen-bond donors (Lipinski definition) is 2. The summed E-state index contributed by atoms with van der Waals surface area (Å²) in [4.78, 5) is 22.3. The predicted octanol–water partition coefficient (Wildman–Crippen LogP) is 2.18. The van der Waals surface area contributed by atoms with Crippen LogP contribution in [0, 0.1) is 11.3 Å². The Morgan fingerprint density at radius 1 is 1.20 bits per heavy atom. The molecule has 0 bridgehead atoms. The van der Waals surface area contributed by atoms with Crippen LogP contribution in [0.25, 0.3) is 0 Å². The average molecular weight is 357 g/mol. The fraction of sp³-hybridized carbons (Fsp3) is 0.533. The van der Waals surface area contributed by atoms with Crippen LogP contribution in [-0.4, -0.2) is 16.0 Å². The van der Waals surface area contributed by atoms with E-state index in [-0.39, 0.29) is 11.3 Å². The molecule has 1 aliphatic rings. The summed E-state index contributed by atoms with van der Waals surface area (Å²) in [6.45, 7) is 12.6. The molecule has 0 radical (unpaired) electrons. The van der Waals surface area contributed by atoms with Crippen LogP contribution in [0.3, 0.4) is 0 Å². The summed E-state index contributed by atoms with van der Waals surface area (Å²) in [6.07, 6.45) is 5.77. The fourth-order valence-electron chi connectivity index (χ4n) is 2.85. The zero-order chi connectivity index (χ0) is 15.6. The summed E-state index contributed by atoms with van der Waals surface area (Å²) in [7, 11) is 0. The first-order valence-corrected chi connectivity index (χ1v) is 11.7. The first-order valence-electron chi connectivity index (χ1n) is 6.83. The Hall–Kier alpha value is -0.827. The number of carbonyl (C=O) groups excluding carboxylic acids is 2. The van der Waals surface area contributed by atoms with Crippen molar-refractivity contribution in [1.29, 1.82) is 0 Å². The SMILES string of the molecule is CC1=[C]([Zr]([NH]C=O)([NH]C=O)=[C](C)C)C(C(C)(C)C)C=C1. The molecule has 0 aliphatic heterocycles. The Labute approximate surface area is 126 Å². The molecule has 0 aromatic carbocycles. The summed E-state index contributed by atoms with van der Waals surface area (Å²) < 4.78 is 8.42. The minimum absolute atomic E-state index is 0.0519. The number of amides is 2. The predicted molar refractivity (Wildman–Crippen MR) is 79.5 cm³/mol. The van der Waals surface area contributed by atoms with Crippen LogP contribution in [0.2, 0.25) is 0 Å². The van der Waals surface area contributed by atoms with Crippen LogP contribution in [0.1, 0.15) is 41.5 Å². The molecule has 5 heteroatoms. The Bertz CT molecular complexity index is 506. The third-order valence-corrected chi connectivity index (χ3v) is 14.0. The second-order valence-corrected chi connectivity index (χ2v) is 15.5. The first-order chi connectivity index (χ1) is 9.20. The molecule has 0 saturated heterocycles. The van der Waals surface area contributed by atoms with Crippen molar-refractivity contribution in [3.63, 3.8) is 0 Å². The first kappa shape index (κ1) is 17.2. The standard InChI is InChI=1S/C10H15.C3H6.2CH3NO.Zr/c1-8-5-6-9(7-8)10(2,3)4;1-3-2;2*2-1-3;/h5-6,9H,1-4H3;1-2H3;2*1H,(H2,2,3);/q;;;;+2/p-2. The third kappa shape index (κ3) is 3.08. The molecule has 0 aromatic rings. The Kier molecular flexibility index (Phi) is 5.42. The maximum atomic E-state index is 11.1. The van der Waals surface area contributed by atoms with Gasteiger partial charge in [-0.3, -0.25) is 0 Å². The van der Waals surface area contributed by atoms with Crippen molar-refractivity contribution >= 4 is 16.0 Å². The second kappa shape index (κ2) is 6.30. The molecule has 0 fully saturated rings. The normalized spacial score (nSPS) is 19.0. The zero-order valence-electron chi connectivity index (χ0n) is 13.2. The minimum atomic E-state index is -3.58. The van der Waals surface area contributed by atoms with Gasteiger partial charge in [0.1, 0.15) is 0 Å². The van der Waals surface area contributed by atoms with Crippen molar-refractivity contribution in [3.05, 3.63) is 21.0 Å². The van der Waals surface area contributed by atoms with Crippen molar-refractivity contribution in [1.82, 2.24) is 6.52 Å². The molecule has 1 atom stereocenters. The molecule has 2 amide bonds. The van der Waals surface area contributed by atoms with E-state index < -0.39 is 20.4 Å². The van der Waals surface area contributed by atoms with Gasteiger partial charge in [-0.05, 0) is 0 Å². The fourth-order valence-corrected chi connectivity index (χ4v) is 11.5. The molecule has 1 aliphatic carbocycles. The maximum absolute atomic E-state index is 11.1. The molecule has 0 aromatic heterocycles. The molecule has 0 spiro atoms. The monoisotopic (exact) mass is 355 g/mol. The van der Waals surface area contributed by atoms with Gasteiger partial charge in [0.2, 0.25) is 0 Å². The Balaban J connectivity index is 3.56. The second-order valence-electron chi connectivity index (χ2n) is 6.57. The molecule has 4 nitrogen and oxygen atoms in total. The number of allylic oxidation sites excluding steroid dienone is 4. The number of nitrogens with one attached hydrogen (secondary N) is 2. The van der Waals surface area contributed by atoms with Crippen molar-refractivity contribution in [3.8, 4) is 0 Å². The van der Waals surface area contributed by atoms with E-state index in [1.807, 2.05) is 13.8 Å². The number of hydrogen-bond acceptors (Lipinski definition) is 2. The Morgan fingerprint density at radius 3 is 2.05 bits per heavy atom. The molecule has 20 heavy (non-hydrogen) atoms. The quantitative estimate of drug-likeness (QED) is 0.742. The van der Waals surface area contributed by atoms with Gasteiger partial charge in [-0.15, -0.1) is 0 Å². The molecule has 1 rings (SSSR count). The van der Waals surface area contributed by atoms with Crippen molar-refractivity contribution in [2.24, 2.45) is 11.3 Å². The van der Waals surface area contributed by atoms with E-state index >= 15 is 0 Å². The summed E-state index contributed by atoms with van der Waals surface area (Å²) >= 11 is -3.58. The van der Waals surface area contributed by atoms with Crippen LogP contribution >= 0.6 is 0 Å². The van der Waals surface area contributed by atoms with Crippen LogP contribution in [-0.2, 0) is 30.0 Å². The number of rotatable bonds is 5. The molecule has 1 unspecified atom stereocenters. The van der Waals surface area contributed by atoms with Gasteiger partial charge in [0.05, 0.1) is 0 Å². The van der Waals surface area contributed by atoms with E-state index in [1.165, 1.54) is 8.85 Å². The van der Waals surface area contributed by atoms with E-state index in [4.69, 9.17) is 0 Å². The van der Waals surface area contributed by atoms with E-state index in [9.17, 15) is 9.59 Å². The summed E-state index contributed by atoms with van der Waals surface area (Å²) in [5.41, 5.74) is 1.22. The Morgan fingerprint density at radius 2 is 1.70 bits per heavy atom. The molecular weight excluding hydrogens is 331 g/mol. The van der Waals surface area contributed by atoms with E-state index in [0.717, 1.165) is 16.0 Å². The third-order valence-electron chi connectivity index (χ3n) is 3.91. The summed E-state index contributed by atoms with van der Waals surface area (Å²) in [6, 6.07) is 0. The molecule has 0 heterocycles. The van der Waals surface area contributed by atoms with Crippen LogP contribution in [0.4, 0.5) is 0 Å². The summed E-state index contributed by atoms with van der Waals surface area (Å²) in [5.74, 6) is 0.244. The number of carbonyl (C=O) groups is 2. The van der Waals surface area contributed by atoms with Gasteiger partial charge in [0.15, 0.2) is 0 Å². The molecule has 111 valence electrons.